The molecule has 3 amide bonds. The number of carbonyl (C=O) groups excluding carboxylic acids is 2. The van der Waals surface area contributed by atoms with Gasteiger partial charge in [-0.15, -0.1) is 0 Å². The van der Waals surface area contributed by atoms with Crippen LogP contribution < -0.4 is 10.6 Å². The molecule has 0 saturated heterocycles. The molecule has 70 valence electrons. The molecule has 0 fully saturated rings. The Balaban J connectivity index is 2.40. The highest BCUT2D eigenvalue weighted by Crippen LogP contribution is 2.05. The first-order chi connectivity index (χ1) is 6.18. The molecule has 4 heteroatoms. The van der Waals surface area contributed by atoms with Crippen molar-refractivity contribution in [1.82, 2.24) is 10.6 Å². The average Bonchev–Trinajstić information content (AvgIpc) is 2.04. The van der Waals surface area contributed by atoms with E-state index in [0.29, 0.717) is 0 Å². The molecule has 0 aromatic heterocycles. The van der Waals surface area contributed by atoms with E-state index in [0.717, 1.165) is 18.5 Å². The lowest BCUT2D eigenvalue weighted by molar-refractivity contribution is -0.117. The summed E-state index contributed by atoms with van der Waals surface area (Å²) >= 11 is 0. The topological polar surface area (TPSA) is 58.2 Å². The average molecular weight is 180 g/mol. The first kappa shape index (κ1) is 9.51. The van der Waals surface area contributed by atoms with E-state index in [1.54, 1.807) is 0 Å². The van der Waals surface area contributed by atoms with Crippen LogP contribution in [0.2, 0.25) is 0 Å². The molecule has 0 aromatic rings. The minimum Gasteiger partial charge on any atom is -0.308 e. The van der Waals surface area contributed by atoms with Gasteiger partial charge in [-0.25, -0.2) is 4.79 Å². The monoisotopic (exact) mass is 180 g/mol. The van der Waals surface area contributed by atoms with Crippen molar-refractivity contribution in [2.75, 3.05) is 0 Å². The summed E-state index contributed by atoms with van der Waals surface area (Å²) in [6.07, 6.45) is 7.64. The van der Waals surface area contributed by atoms with Crippen LogP contribution in [0.3, 0.4) is 0 Å². The van der Waals surface area contributed by atoms with Gasteiger partial charge in [0.05, 0.1) is 0 Å². The summed E-state index contributed by atoms with van der Waals surface area (Å²) < 4.78 is 0. The van der Waals surface area contributed by atoms with Crippen molar-refractivity contribution < 1.29 is 9.59 Å². The van der Waals surface area contributed by atoms with Crippen molar-refractivity contribution in [2.24, 2.45) is 0 Å². The number of urea groups is 1. The van der Waals surface area contributed by atoms with Crippen molar-refractivity contribution in [3.8, 4) is 0 Å². The molecule has 0 aromatic carbocycles. The SMILES string of the molecule is CC(=O)NC(=O)NC1=CCCC=C1. The maximum Gasteiger partial charge on any atom is 0.325 e. The van der Waals surface area contributed by atoms with E-state index >= 15 is 0 Å². The van der Waals surface area contributed by atoms with Gasteiger partial charge in [0.1, 0.15) is 0 Å². The van der Waals surface area contributed by atoms with Crippen molar-refractivity contribution >= 4 is 11.9 Å². The normalized spacial score (nSPS) is 14.7. The lowest BCUT2D eigenvalue weighted by atomic mass is 10.1. The first-order valence-electron chi connectivity index (χ1n) is 4.14. The molecule has 0 bridgehead atoms. The van der Waals surface area contributed by atoms with Gasteiger partial charge < -0.3 is 5.32 Å². The second kappa shape index (κ2) is 4.45. The van der Waals surface area contributed by atoms with Gasteiger partial charge >= 0.3 is 6.03 Å². The molecule has 1 aliphatic rings. The Bertz CT molecular complexity index is 279. The first-order valence-corrected chi connectivity index (χ1v) is 4.14. The molecular formula is C9H12N2O2. The Morgan fingerprint density at radius 1 is 1.38 bits per heavy atom. The van der Waals surface area contributed by atoms with E-state index in [-0.39, 0.29) is 5.91 Å². The fourth-order valence-electron chi connectivity index (χ4n) is 1.03. The zero-order valence-corrected chi connectivity index (χ0v) is 7.46. The molecule has 0 atom stereocenters. The van der Waals surface area contributed by atoms with Crippen LogP contribution in [0.1, 0.15) is 19.8 Å². The Labute approximate surface area is 76.7 Å². The number of allylic oxidation sites excluding steroid dienone is 3. The lowest BCUT2D eigenvalue weighted by Gasteiger charge is -2.08. The summed E-state index contributed by atoms with van der Waals surface area (Å²) in [4.78, 5) is 21.5. The molecule has 13 heavy (non-hydrogen) atoms. The van der Waals surface area contributed by atoms with Crippen molar-refractivity contribution in [3.63, 3.8) is 0 Å². The van der Waals surface area contributed by atoms with Gasteiger partial charge in [0.15, 0.2) is 0 Å². The molecule has 0 saturated carbocycles. The van der Waals surface area contributed by atoms with E-state index in [9.17, 15) is 9.59 Å². The van der Waals surface area contributed by atoms with Crippen LogP contribution in [0.5, 0.6) is 0 Å². The largest absolute Gasteiger partial charge is 0.325 e. The summed E-state index contributed by atoms with van der Waals surface area (Å²) in [6, 6.07) is -0.481. The zero-order chi connectivity index (χ0) is 9.68. The van der Waals surface area contributed by atoms with E-state index in [1.165, 1.54) is 6.92 Å². The third-order valence-corrected chi connectivity index (χ3v) is 1.54. The predicted octanol–water partition coefficient (Wildman–Crippen LogP) is 1.07. The van der Waals surface area contributed by atoms with Gasteiger partial charge in [-0.05, 0) is 18.9 Å². The molecule has 2 N–H and O–H groups in total. The maximum absolute atomic E-state index is 11.0. The Kier molecular flexibility index (Phi) is 3.25. The minimum atomic E-state index is -0.481. The second-order valence-corrected chi connectivity index (χ2v) is 2.77. The van der Waals surface area contributed by atoms with Crippen LogP contribution in [0.25, 0.3) is 0 Å². The summed E-state index contributed by atoms with van der Waals surface area (Å²) in [6.45, 7) is 1.30. The quantitative estimate of drug-likeness (QED) is 0.634. The molecule has 1 rings (SSSR count). The highest BCUT2D eigenvalue weighted by molar-refractivity contribution is 5.93. The summed E-state index contributed by atoms with van der Waals surface area (Å²) in [5.74, 6) is -0.363. The lowest BCUT2D eigenvalue weighted by Crippen LogP contribution is -2.37. The van der Waals surface area contributed by atoms with Crippen molar-refractivity contribution in [3.05, 3.63) is 23.9 Å². The summed E-state index contributed by atoms with van der Waals surface area (Å²) in [7, 11) is 0. The van der Waals surface area contributed by atoms with Crippen LogP contribution >= 0.6 is 0 Å². The highest BCUT2D eigenvalue weighted by Gasteiger charge is 2.04. The molecule has 1 aliphatic carbocycles. The molecular weight excluding hydrogens is 168 g/mol. The van der Waals surface area contributed by atoms with Crippen molar-refractivity contribution in [1.29, 1.82) is 0 Å². The zero-order valence-electron chi connectivity index (χ0n) is 7.46. The van der Waals surface area contributed by atoms with Crippen LogP contribution in [-0.2, 0) is 4.79 Å². The van der Waals surface area contributed by atoms with Crippen LogP contribution in [0, 0.1) is 0 Å². The van der Waals surface area contributed by atoms with E-state index in [1.807, 2.05) is 18.2 Å². The van der Waals surface area contributed by atoms with Gasteiger partial charge in [0.2, 0.25) is 5.91 Å². The van der Waals surface area contributed by atoms with E-state index in [4.69, 9.17) is 0 Å². The van der Waals surface area contributed by atoms with E-state index in [2.05, 4.69) is 10.6 Å². The third-order valence-electron chi connectivity index (χ3n) is 1.54. The smallest absolute Gasteiger partial charge is 0.308 e. The molecule has 0 radical (unpaired) electrons. The molecule has 4 nitrogen and oxygen atoms in total. The number of carbonyl (C=O) groups is 2. The van der Waals surface area contributed by atoms with E-state index < -0.39 is 6.03 Å². The Morgan fingerprint density at radius 2 is 2.15 bits per heavy atom. The molecule has 0 aliphatic heterocycles. The number of nitrogens with one attached hydrogen (secondary N) is 2. The van der Waals surface area contributed by atoms with Gasteiger partial charge in [-0.1, -0.05) is 12.2 Å². The van der Waals surface area contributed by atoms with Crippen molar-refractivity contribution in [2.45, 2.75) is 19.8 Å². The standard InChI is InChI=1S/C9H12N2O2/c1-7(12)10-9(13)11-8-5-3-2-4-6-8/h3,5-6H,2,4H2,1H3,(H2,10,11,12,13). The Morgan fingerprint density at radius 3 is 2.69 bits per heavy atom. The van der Waals surface area contributed by atoms with Gasteiger partial charge in [-0.3, -0.25) is 10.1 Å². The summed E-state index contributed by atoms with van der Waals surface area (Å²) in [5, 5.41) is 4.68. The second-order valence-electron chi connectivity index (χ2n) is 2.77. The number of hydrogen-bond acceptors (Lipinski definition) is 2. The number of imide groups is 1. The van der Waals surface area contributed by atoms with Gasteiger partial charge in [-0.2, -0.15) is 0 Å². The van der Waals surface area contributed by atoms with Crippen LogP contribution in [0.15, 0.2) is 23.9 Å². The predicted molar refractivity (Wildman–Crippen MR) is 48.8 cm³/mol. The fourth-order valence-corrected chi connectivity index (χ4v) is 1.03. The number of rotatable bonds is 1. The fraction of sp³-hybridized carbons (Fsp3) is 0.333. The highest BCUT2D eigenvalue weighted by atomic mass is 16.2. The molecule has 0 spiro atoms. The summed E-state index contributed by atoms with van der Waals surface area (Å²) in [5.41, 5.74) is 0.741. The van der Waals surface area contributed by atoms with Gasteiger partial charge in [0, 0.05) is 12.6 Å². The van der Waals surface area contributed by atoms with Crippen LogP contribution in [0.4, 0.5) is 4.79 Å². The third kappa shape index (κ3) is 3.55. The Hall–Kier alpha value is -1.58. The van der Waals surface area contributed by atoms with Crippen LogP contribution in [-0.4, -0.2) is 11.9 Å². The number of hydrogen-bond donors (Lipinski definition) is 2. The molecule has 0 heterocycles. The minimum absolute atomic E-state index is 0.363. The maximum atomic E-state index is 11.0. The number of amides is 3. The van der Waals surface area contributed by atoms with Gasteiger partial charge in [0.25, 0.3) is 0 Å². The molecule has 0 unspecified atom stereocenters.